The third-order valence-electron chi connectivity index (χ3n) is 2.00. The van der Waals surface area contributed by atoms with Crippen molar-refractivity contribution in [2.24, 2.45) is 10.1 Å². The summed E-state index contributed by atoms with van der Waals surface area (Å²) in [5, 5.41) is 3.77. The molecule has 0 aromatic carbocycles. The third-order valence-corrected chi connectivity index (χ3v) is 2.00. The summed E-state index contributed by atoms with van der Waals surface area (Å²) in [5.41, 5.74) is 2.78. The summed E-state index contributed by atoms with van der Waals surface area (Å²) in [7, 11) is 0. The molecule has 0 saturated carbocycles. The molecule has 0 spiro atoms. The number of hydrogen-bond donors (Lipinski definition) is 1. The second kappa shape index (κ2) is 10.2. The monoisotopic (exact) mass is 198 g/mol. The minimum absolute atomic E-state index is 0.811. The first-order valence-electron chi connectivity index (χ1n) is 5.41. The highest BCUT2D eigenvalue weighted by Crippen LogP contribution is 1.90. The van der Waals surface area contributed by atoms with E-state index in [0.717, 1.165) is 39.1 Å². The van der Waals surface area contributed by atoms with E-state index in [0.29, 0.717) is 0 Å². The lowest BCUT2D eigenvalue weighted by atomic mass is 10.4. The van der Waals surface area contributed by atoms with Gasteiger partial charge in [0, 0.05) is 6.54 Å². The van der Waals surface area contributed by atoms with Gasteiger partial charge in [0.1, 0.15) is 6.01 Å². The third kappa shape index (κ3) is 7.77. The van der Waals surface area contributed by atoms with Gasteiger partial charge in [-0.1, -0.05) is 13.8 Å². The fraction of sp³-hybridized carbons (Fsp3) is 0.900. The Bertz CT molecular complexity index is 169. The van der Waals surface area contributed by atoms with Gasteiger partial charge in [-0.25, -0.2) is 4.99 Å². The molecule has 0 aliphatic heterocycles. The Morgan fingerprint density at radius 1 is 1.21 bits per heavy atom. The summed E-state index contributed by atoms with van der Waals surface area (Å²) < 4.78 is 0. The standard InChI is InChI=1S/C10H22N4/c1-4-12-13-10-11-8-7-9-14(5-2)6-3/h12H,4-9H2,1-3H3. The van der Waals surface area contributed by atoms with Crippen molar-refractivity contribution >= 4 is 6.01 Å². The minimum atomic E-state index is 0.811. The van der Waals surface area contributed by atoms with E-state index in [9.17, 15) is 0 Å². The largest absolute Gasteiger partial charge is 0.304 e. The van der Waals surface area contributed by atoms with E-state index in [1.807, 2.05) is 6.92 Å². The van der Waals surface area contributed by atoms with E-state index in [4.69, 9.17) is 0 Å². The van der Waals surface area contributed by atoms with Gasteiger partial charge in [0.25, 0.3) is 0 Å². The molecule has 4 nitrogen and oxygen atoms in total. The molecule has 0 aromatic heterocycles. The zero-order valence-electron chi connectivity index (χ0n) is 9.58. The molecule has 0 saturated heterocycles. The Kier molecular flexibility index (Phi) is 9.59. The normalized spacial score (nSPS) is 9.71. The van der Waals surface area contributed by atoms with Crippen molar-refractivity contribution in [2.75, 3.05) is 32.7 Å². The van der Waals surface area contributed by atoms with Crippen LogP contribution < -0.4 is 5.43 Å². The summed E-state index contributed by atoms with van der Waals surface area (Å²) >= 11 is 0. The molecule has 1 N–H and O–H groups in total. The molecular weight excluding hydrogens is 176 g/mol. The van der Waals surface area contributed by atoms with Gasteiger partial charge >= 0.3 is 0 Å². The SMILES string of the molecule is CCNN=C=NCCCN(CC)CC. The summed E-state index contributed by atoms with van der Waals surface area (Å²) in [6.45, 7) is 11.3. The zero-order valence-corrected chi connectivity index (χ0v) is 9.58. The van der Waals surface area contributed by atoms with Gasteiger partial charge < -0.3 is 10.3 Å². The van der Waals surface area contributed by atoms with E-state index in [1.54, 1.807) is 0 Å². The predicted octanol–water partition coefficient (Wildman–Crippen LogP) is 1.42. The van der Waals surface area contributed by atoms with Crippen molar-refractivity contribution in [3.05, 3.63) is 0 Å². The molecule has 0 amide bonds. The van der Waals surface area contributed by atoms with Crippen LogP contribution in [0.15, 0.2) is 10.1 Å². The maximum atomic E-state index is 4.04. The van der Waals surface area contributed by atoms with Crippen LogP contribution in [0.5, 0.6) is 0 Å². The topological polar surface area (TPSA) is 40.0 Å². The smallest absolute Gasteiger partial charge is 0.114 e. The van der Waals surface area contributed by atoms with Crippen molar-refractivity contribution in [1.29, 1.82) is 0 Å². The molecular formula is C10H22N4. The fourth-order valence-electron chi connectivity index (χ4n) is 1.11. The number of rotatable bonds is 8. The molecule has 14 heavy (non-hydrogen) atoms. The Hall–Kier alpha value is -0.860. The second-order valence-corrected chi connectivity index (χ2v) is 2.99. The first-order valence-corrected chi connectivity index (χ1v) is 5.41. The van der Waals surface area contributed by atoms with E-state index < -0.39 is 0 Å². The Morgan fingerprint density at radius 2 is 1.93 bits per heavy atom. The Balaban J connectivity index is 3.40. The van der Waals surface area contributed by atoms with Crippen LogP contribution in [-0.2, 0) is 0 Å². The lowest BCUT2D eigenvalue weighted by Gasteiger charge is -2.16. The van der Waals surface area contributed by atoms with E-state index in [2.05, 4.69) is 40.3 Å². The molecule has 0 radical (unpaired) electrons. The molecule has 0 aromatic rings. The first-order chi connectivity index (χ1) is 6.85. The van der Waals surface area contributed by atoms with Crippen LogP contribution in [0.25, 0.3) is 0 Å². The molecule has 0 atom stereocenters. The van der Waals surface area contributed by atoms with Crippen LogP contribution in [0.3, 0.4) is 0 Å². The fourth-order valence-corrected chi connectivity index (χ4v) is 1.11. The zero-order chi connectivity index (χ0) is 10.6. The molecule has 0 aliphatic rings. The molecule has 0 rings (SSSR count). The molecule has 82 valence electrons. The van der Waals surface area contributed by atoms with Gasteiger partial charge in [-0.2, -0.15) is 0 Å². The van der Waals surface area contributed by atoms with Crippen molar-refractivity contribution in [3.8, 4) is 0 Å². The van der Waals surface area contributed by atoms with Crippen LogP contribution in [0, 0.1) is 0 Å². The van der Waals surface area contributed by atoms with Gasteiger partial charge in [-0.3, -0.25) is 0 Å². The van der Waals surface area contributed by atoms with Crippen molar-refractivity contribution in [2.45, 2.75) is 27.2 Å². The lowest BCUT2D eigenvalue weighted by Crippen LogP contribution is -2.24. The number of hydrogen-bond acceptors (Lipinski definition) is 4. The number of hydrazone groups is 1. The average molecular weight is 198 g/mol. The average Bonchev–Trinajstić information content (AvgIpc) is 2.22. The van der Waals surface area contributed by atoms with Gasteiger partial charge in [0.15, 0.2) is 0 Å². The van der Waals surface area contributed by atoms with Crippen LogP contribution >= 0.6 is 0 Å². The van der Waals surface area contributed by atoms with Crippen LogP contribution in [0.4, 0.5) is 0 Å². The van der Waals surface area contributed by atoms with Gasteiger partial charge in [-0.05, 0) is 33.0 Å². The van der Waals surface area contributed by atoms with Crippen LogP contribution in [0.2, 0.25) is 0 Å². The Morgan fingerprint density at radius 3 is 2.50 bits per heavy atom. The lowest BCUT2D eigenvalue weighted by molar-refractivity contribution is 0.302. The minimum Gasteiger partial charge on any atom is -0.304 e. The highest BCUT2D eigenvalue weighted by molar-refractivity contribution is 5.40. The van der Waals surface area contributed by atoms with Crippen LogP contribution in [0.1, 0.15) is 27.2 Å². The summed E-state index contributed by atoms with van der Waals surface area (Å²) in [5.74, 6) is 0. The number of nitrogens with one attached hydrogen (secondary N) is 1. The molecule has 0 unspecified atom stereocenters. The van der Waals surface area contributed by atoms with E-state index in [-0.39, 0.29) is 0 Å². The highest BCUT2D eigenvalue weighted by atomic mass is 15.3. The van der Waals surface area contributed by atoms with Crippen molar-refractivity contribution in [1.82, 2.24) is 10.3 Å². The number of nitrogens with zero attached hydrogens (tertiary/aromatic N) is 3. The molecule has 0 heterocycles. The second-order valence-electron chi connectivity index (χ2n) is 2.99. The summed E-state index contributed by atoms with van der Waals surface area (Å²) in [4.78, 5) is 6.43. The van der Waals surface area contributed by atoms with Crippen molar-refractivity contribution < 1.29 is 0 Å². The predicted molar refractivity (Wildman–Crippen MR) is 60.8 cm³/mol. The quantitative estimate of drug-likeness (QED) is 0.364. The summed E-state index contributed by atoms with van der Waals surface area (Å²) in [6, 6.07) is 2.62. The van der Waals surface area contributed by atoms with E-state index in [1.165, 1.54) is 0 Å². The van der Waals surface area contributed by atoms with Gasteiger partial charge in [0.05, 0.1) is 6.54 Å². The number of aliphatic imine (C=N–C) groups is 1. The van der Waals surface area contributed by atoms with Gasteiger partial charge in [-0.15, -0.1) is 5.10 Å². The molecule has 0 bridgehead atoms. The molecule has 4 heteroatoms. The molecule has 0 fully saturated rings. The highest BCUT2D eigenvalue weighted by Gasteiger charge is 1.96. The van der Waals surface area contributed by atoms with Crippen molar-refractivity contribution in [3.63, 3.8) is 0 Å². The van der Waals surface area contributed by atoms with E-state index >= 15 is 0 Å². The van der Waals surface area contributed by atoms with Crippen LogP contribution in [-0.4, -0.2) is 43.6 Å². The molecule has 0 aliphatic carbocycles. The van der Waals surface area contributed by atoms with Gasteiger partial charge in [0.2, 0.25) is 0 Å². The Labute approximate surface area is 87.1 Å². The summed E-state index contributed by atoms with van der Waals surface area (Å²) in [6.07, 6.45) is 1.08. The maximum absolute atomic E-state index is 4.04. The maximum Gasteiger partial charge on any atom is 0.114 e. The first kappa shape index (κ1) is 13.1.